The molecular formula is C13H19F2NS. The van der Waals surface area contributed by atoms with E-state index in [0.717, 1.165) is 11.8 Å². The van der Waals surface area contributed by atoms with Gasteiger partial charge in [0.2, 0.25) is 0 Å². The first kappa shape index (κ1) is 14.5. The molecule has 96 valence electrons. The van der Waals surface area contributed by atoms with Crippen molar-refractivity contribution in [1.82, 2.24) is 0 Å². The van der Waals surface area contributed by atoms with E-state index in [1.807, 2.05) is 0 Å². The standard InChI is InChI=1S/C13H19F2NS/c1-13(2,3)17-8-12(16)6-9-4-10(14)7-11(15)5-9/h4-5,7,12H,6,8,16H2,1-3H3. The summed E-state index contributed by atoms with van der Waals surface area (Å²) in [4.78, 5) is 0. The number of thioether (sulfide) groups is 1. The minimum absolute atomic E-state index is 0.0829. The van der Waals surface area contributed by atoms with Crippen LogP contribution in [0.2, 0.25) is 0 Å². The smallest absolute Gasteiger partial charge is 0.126 e. The van der Waals surface area contributed by atoms with E-state index in [1.54, 1.807) is 11.8 Å². The number of hydrogen-bond acceptors (Lipinski definition) is 2. The zero-order valence-corrected chi connectivity index (χ0v) is 11.3. The molecular weight excluding hydrogens is 240 g/mol. The van der Waals surface area contributed by atoms with Crippen molar-refractivity contribution >= 4 is 11.8 Å². The van der Waals surface area contributed by atoms with Crippen molar-refractivity contribution in [3.05, 3.63) is 35.4 Å². The van der Waals surface area contributed by atoms with Gasteiger partial charge in [-0.25, -0.2) is 8.78 Å². The van der Waals surface area contributed by atoms with Crippen molar-refractivity contribution < 1.29 is 8.78 Å². The minimum atomic E-state index is -0.546. The van der Waals surface area contributed by atoms with E-state index in [0.29, 0.717) is 12.0 Å². The van der Waals surface area contributed by atoms with Gasteiger partial charge in [0, 0.05) is 22.6 Å². The van der Waals surface area contributed by atoms with E-state index in [4.69, 9.17) is 5.73 Å². The minimum Gasteiger partial charge on any atom is -0.327 e. The van der Waals surface area contributed by atoms with Gasteiger partial charge < -0.3 is 5.73 Å². The summed E-state index contributed by atoms with van der Waals surface area (Å²) < 4.78 is 26.1. The molecule has 0 radical (unpaired) electrons. The number of hydrogen-bond donors (Lipinski definition) is 1. The van der Waals surface area contributed by atoms with Gasteiger partial charge in [-0.2, -0.15) is 11.8 Å². The highest BCUT2D eigenvalue weighted by Gasteiger charge is 2.14. The molecule has 0 fully saturated rings. The van der Waals surface area contributed by atoms with Crippen molar-refractivity contribution in [3.8, 4) is 0 Å². The molecule has 0 aromatic heterocycles. The summed E-state index contributed by atoms with van der Waals surface area (Å²) >= 11 is 1.76. The third-order valence-corrected chi connectivity index (χ3v) is 3.61. The first-order valence-electron chi connectivity index (χ1n) is 5.61. The average molecular weight is 259 g/mol. The van der Waals surface area contributed by atoms with E-state index in [2.05, 4.69) is 20.8 Å². The van der Waals surface area contributed by atoms with Gasteiger partial charge in [0.25, 0.3) is 0 Å². The molecule has 1 rings (SSSR count). The highest BCUT2D eigenvalue weighted by molar-refractivity contribution is 8.00. The lowest BCUT2D eigenvalue weighted by Gasteiger charge is -2.20. The van der Waals surface area contributed by atoms with Crippen LogP contribution < -0.4 is 5.73 Å². The Morgan fingerprint density at radius 1 is 1.18 bits per heavy atom. The van der Waals surface area contributed by atoms with Crippen LogP contribution in [-0.2, 0) is 6.42 Å². The van der Waals surface area contributed by atoms with Crippen LogP contribution in [0.1, 0.15) is 26.3 Å². The first-order chi connectivity index (χ1) is 7.76. The van der Waals surface area contributed by atoms with Crippen LogP contribution in [0.5, 0.6) is 0 Å². The first-order valence-corrected chi connectivity index (χ1v) is 6.59. The second-order valence-electron chi connectivity index (χ2n) is 5.17. The fourth-order valence-corrected chi connectivity index (χ4v) is 2.28. The predicted octanol–water partition coefficient (Wildman–Crippen LogP) is 3.37. The van der Waals surface area contributed by atoms with Gasteiger partial charge in [0.15, 0.2) is 0 Å². The number of benzene rings is 1. The lowest BCUT2D eigenvalue weighted by atomic mass is 10.1. The van der Waals surface area contributed by atoms with Crippen LogP contribution in [0.25, 0.3) is 0 Å². The lowest BCUT2D eigenvalue weighted by Crippen LogP contribution is -2.28. The number of rotatable bonds is 4. The van der Waals surface area contributed by atoms with Crippen molar-refractivity contribution in [2.75, 3.05) is 5.75 Å². The Morgan fingerprint density at radius 3 is 2.18 bits per heavy atom. The Hall–Kier alpha value is -0.610. The van der Waals surface area contributed by atoms with Gasteiger partial charge >= 0.3 is 0 Å². The average Bonchev–Trinajstić information content (AvgIpc) is 2.11. The molecule has 0 aliphatic heterocycles. The van der Waals surface area contributed by atoms with E-state index in [9.17, 15) is 8.78 Å². The summed E-state index contributed by atoms with van der Waals surface area (Å²) in [5, 5.41) is 0. The summed E-state index contributed by atoms with van der Waals surface area (Å²) in [7, 11) is 0. The molecule has 1 aromatic rings. The molecule has 0 heterocycles. The zero-order chi connectivity index (χ0) is 13.1. The van der Waals surface area contributed by atoms with Gasteiger partial charge in [-0.05, 0) is 24.1 Å². The normalized spacial score (nSPS) is 13.8. The SMILES string of the molecule is CC(C)(C)SCC(N)Cc1cc(F)cc(F)c1. The second-order valence-corrected chi connectivity index (χ2v) is 7.01. The third kappa shape index (κ3) is 6.03. The molecule has 1 unspecified atom stereocenters. The Bertz CT molecular complexity index is 354. The molecule has 4 heteroatoms. The lowest BCUT2D eigenvalue weighted by molar-refractivity contribution is 0.577. The van der Waals surface area contributed by atoms with E-state index in [1.165, 1.54) is 12.1 Å². The molecule has 1 atom stereocenters. The van der Waals surface area contributed by atoms with Crippen LogP contribution in [-0.4, -0.2) is 16.5 Å². The van der Waals surface area contributed by atoms with Crippen molar-refractivity contribution in [3.63, 3.8) is 0 Å². The molecule has 0 aliphatic carbocycles. The molecule has 17 heavy (non-hydrogen) atoms. The monoisotopic (exact) mass is 259 g/mol. The van der Waals surface area contributed by atoms with Crippen LogP contribution >= 0.6 is 11.8 Å². The highest BCUT2D eigenvalue weighted by Crippen LogP contribution is 2.24. The van der Waals surface area contributed by atoms with E-state index in [-0.39, 0.29) is 10.8 Å². The molecule has 1 aromatic carbocycles. The van der Waals surface area contributed by atoms with E-state index < -0.39 is 11.6 Å². The van der Waals surface area contributed by atoms with Gasteiger partial charge in [-0.15, -0.1) is 0 Å². The zero-order valence-electron chi connectivity index (χ0n) is 10.5. The van der Waals surface area contributed by atoms with Crippen molar-refractivity contribution in [2.45, 2.75) is 38.0 Å². The Morgan fingerprint density at radius 2 is 1.71 bits per heavy atom. The maximum atomic E-state index is 13.0. The molecule has 0 aliphatic rings. The molecule has 2 N–H and O–H groups in total. The molecule has 0 saturated heterocycles. The fourth-order valence-electron chi connectivity index (χ4n) is 1.45. The highest BCUT2D eigenvalue weighted by atomic mass is 32.2. The van der Waals surface area contributed by atoms with Crippen molar-refractivity contribution in [1.29, 1.82) is 0 Å². The van der Waals surface area contributed by atoms with Gasteiger partial charge in [-0.1, -0.05) is 20.8 Å². The topological polar surface area (TPSA) is 26.0 Å². The van der Waals surface area contributed by atoms with Crippen molar-refractivity contribution in [2.24, 2.45) is 5.73 Å². The predicted molar refractivity (Wildman–Crippen MR) is 70.2 cm³/mol. The van der Waals surface area contributed by atoms with Crippen LogP contribution in [0, 0.1) is 11.6 Å². The van der Waals surface area contributed by atoms with Crippen LogP contribution in [0.4, 0.5) is 8.78 Å². The number of nitrogens with two attached hydrogens (primary N) is 1. The van der Waals surface area contributed by atoms with Gasteiger partial charge in [0.1, 0.15) is 11.6 Å². The summed E-state index contributed by atoms with van der Waals surface area (Å²) in [5.74, 6) is -0.312. The van der Waals surface area contributed by atoms with Gasteiger partial charge in [-0.3, -0.25) is 0 Å². The largest absolute Gasteiger partial charge is 0.327 e. The Kier molecular flexibility index (Phi) is 4.95. The molecule has 1 nitrogen and oxygen atoms in total. The second kappa shape index (κ2) is 5.83. The summed E-state index contributed by atoms with van der Waals surface area (Å²) in [6, 6.07) is 3.47. The summed E-state index contributed by atoms with van der Waals surface area (Å²) in [6.07, 6.45) is 0.498. The molecule has 0 spiro atoms. The molecule has 0 saturated carbocycles. The Balaban J connectivity index is 2.53. The van der Waals surface area contributed by atoms with Crippen LogP contribution in [0.3, 0.4) is 0 Å². The van der Waals surface area contributed by atoms with Crippen LogP contribution in [0.15, 0.2) is 18.2 Å². The summed E-state index contributed by atoms with van der Waals surface area (Å²) in [5.41, 5.74) is 6.56. The van der Waals surface area contributed by atoms with Gasteiger partial charge in [0.05, 0.1) is 0 Å². The quantitative estimate of drug-likeness (QED) is 0.897. The maximum absolute atomic E-state index is 13.0. The fraction of sp³-hybridized carbons (Fsp3) is 0.538. The Labute approximate surface area is 106 Å². The molecule has 0 bridgehead atoms. The number of halogens is 2. The molecule has 0 amide bonds. The van der Waals surface area contributed by atoms with E-state index >= 15 is 0 Å². The maximum Gasteiger partial charge on any atom is 0.126 e. The third-order valence-electron chi connectivity index (χ3n) is 2.15. The summed E-state index contributed by atoms with van der Waals surface area (Å²) in [6.45, 7) is 6.35.